The van der Waals surface area contributed by atoms with Gasteiger partial charge in [-0.2, -0.15) is 0 Å². The maximum Gasteiger partial charge on any atom is 0.222 e. The number of rotatable bonds is 4. The number of carbonyl (C=O) groups excluding carboxylic acids is 1. The van der Waals surface area contributed by atoms with Gasteiger partial charge in [-0.15, -0.1) is 10.2 Å². The second-order valence-electron chi connectivity index (χ2n) is 6.08. The molecule has 1 aliphatic heterocycles. The fourth-order valence-corrected chi connectivity index (χ4v) is 3.24. The average Bonchev–Trinajstić information content (AvgIpc) is 3.00. The Morgan fingerprint density at radius 1 is 1.26 bits per heavy atom. The van der Waals surface area contributed by atoms with Crippen LogP contribution >= 0.6 is 11.6 Å². The molecule has 0 unspecified atom stereocenters. The summed E-state index contributed by atoms with van der Waals surface area (Å²) in [6, 6.07) is 7.70. The lowest BCUT2D eigenvalue weighted by atomic mass is 9.95. The third-order valence-corrected chi connectivity index (χ3v) is 4.75. The van der Waals surface area contributed by atoms with Crippen LogP contribution in [0.3, 0.4) is 0 Å². The van der Waals surface area contributed by atoms with Crippen molar-refractivity contribution in [2.24, 2.45) is 7.05 Å². The summed E-state index contributed by atoms with van der Waals surface area (Å²) in [6.45, 7) is 1.61. The van der Waals surface area contributed by atoms with E-state index in [2.05, 4.69) is 10.2 Å². The minimum absolute atomic E-state index is 0.233. The van der Waals surface area contributed by atoms with Gasteiger partial charge in [0.2, 0.25) is 5.91 Å². The molecule has 0 N–H and O–H groups in total. The number of amides is 1. The molecule has 3 rings (SSSR count). The highest BCUT2D eigenvalue weighted by atomic mass is 35.5. The number of carbonyl (C=O) groups is 1. The number of aromatic nitrogens is 3. The molecule has 6 heteroatoms. The zero-order valence-electron chi connectivity index (χ0n) is 13.3. The molecule has 0 aliphatic carbocycles. The van der Waals surface area contributed by atoms with Crippen LogP contribution in [0.2, 0.25) is 5.02 Å². The van der Waals surface area contributed by atoms with Crippen molar-refractivity contribution in [2.45, 2.75) is 31.6 Å². The van der Waals surface area contributed by atoms with Gasteiger partial charge in [0.15, 0.2) is 0 Å². The van der Waals surface area contributed by atoms with Gasteiger partial charge < -0.3 is 9.47 Å². The molecule has 23 heavy (non-hydrogen) atoms. The fraction of sp³-hybridized carbons (Fsp3) is 0.471. The number of nitrogens with zero attached hydrogens (tertiary/aromatic N) is 4. The van der Waals surface area contributed by atoms with Gasteiger partial charge in [-0.05, 0) is 37.0 Å². The van der Waals surface area contributed by atoms with Crippen molar-refractivity contribution in [1.29, 1.82) is 0 Å². The van der Waals surface area contributed by atoms with Crippen LogP contribution in [0.15, 0.2) is 30.6 Å². The molecule has 1 amide bonds. The minimum Gasteiger partial charge on any atom is -0.343 e. The molecule has 1 saturated heterocycles. The second kappa shape index (κ2) is 7.13. The molecule has 0 spiro atoms. The molecule has 1 aromatic heterocycles. The number of piperidine rings is 1. The maximum atomic E-state index is 12.4. The lowest BCUT2D eigenvalue weighted by molar-refractivity contribution is -0.132. The average molecular weight is 333 g/mol. The van der Waals surface area contributed by atoms with E-state index in [4.69, 9.17) is 11.6 Å². The Morgan fingerprint density at radius 3 is 2.57 bits per heavy atom. The van der Waals surface area contributed by atoms with E-state index in [1.165, 1.54) is 0 Å². The highest BCUT2D eigenvalue weighted by Gasteiger charge is 2.26. The third kappa shape index (κ3) is 3.91. The quantitative estimate of drug-likeness (QED) is 0.865. The topological polar surface area (TPSA) is 51.0 Å². The largest absolute Gasteiger partial charge is 0.343 e. The Hall–Kier alpha value is -1.88. The number of hydrogen-bond acceptors (Lipinski definition) is 3. The van der Waals surface area contributed by atoms with E-state index < -0.39 is 0 Å². The van der Waals surface area contributed by atoms with Gasteiger partial charge in [0.25, 0.3) is 0 Å². The lowest BCUT2D eigenvalue weighted by Gasteiger charge is -2.31. The van der Waals surface area contributed by atoms with Gasteiger partial charge in [0.05, 0.1) is 0 Å². The number of aryl methyl sites for hydroxylation is 2. The van der Waals surface area contributed by atoms with Crippen molar-refractivity contribution < 1.29 is 4.79 Å². The van der Waals surface area contributed by atoms with Crippen molar-refractivity contribution in [3.8, 4) is 0 Å². The smallest absolute Gasteiger partial charge is 0.222 e. The second-order valence-corrected chi connectivity index (χ2v) is 6.52. The molecule has 2 aromatic rings. The standard InChI is InChI=1S/C17H21ClN4O/c1-21-12-19-20-17(21)14-8-10-22(11-9-14)16(23)7-4-13-2-5-15(18)6-3-13/h2-3,5-6,12,14H,4,7-11H2,1H3. The summed E-state index contributed by atoms with van der Waals surface area (Å²) >= 11 is 5.88. The van der Waals surface area contributed by atoms with Gasteiger partial charge in [-0.25, -0.2) is 0 Å². The van der Waals surface area contributed by atoms with E-state index in [0.717, 1.165) is 48.8 Å². The van der Waals surface area contributed by atoms with Gasteiger partial charge in [0.1, 0.15) is 12.2 Å². The molecule has 0 radical (unpaired) electrons. The summed E-state index contributed by atoms with van der Waals surface area (Å²) in [5, 5.41) is 8.86. The lowest BCUT2D eigenvalue weighted by Crippen LogP contribution is -2.38. The monoisotopic (exact) mass is 332 g/mol. The van der Waals surface area contributed by atoms with Crippen molar-refractivity contribution in [3.63, 3.8) is 0 Å². The zero-order valence-corrected chi connectivity index (χ0v) is 14.0. The van der Waals surface area contributed by atoms with Crippen molar-refractivity contribution >= 4 is 17.5 Å². The Labute approximate surface area is 141 Å². The minimum atomic E-state index is 0.233. The molecule has 1 aromatic carbocycles. The molecule has 0 bridgehead atoms. The van der Waals surface area contributed by atoms with E-state index in [1.807, 2.05) is 40.8 Å². The van der Waals surface area contributed by atoms with Crippen LogP contribution in [0.25, 0.3) is 0 Å². The van der Waals surface area contributed by atoms with Crippen molar-refractivity contribution in [2.75, 3.05) is 13.1 Å². The molecule has 2 heterocycles. The van der Waals surface area contributed by atoms with E-state index in [0.29, 0.717) is 12.3 Å². The van der Waals surface area contributed by atoms with Gasteiger partial charge in [-0.3, -0.25) is 4.79 Å². The van der Waals surface area contributed by atoms with Crippen LogP contribution in [0.5, 0.6) is 0 Å². The van der Waals surface area contributed by atoms with E-state index in [-0.39, 0.29) is 5.91 Å². The van der Waals surface area contributed by atoms with Gasteiger partial charge in [0, 0.05) is 37.5 Å². The molecule has 0 saturated carbocycles. The molecule has 1 aliphatic rings. The Balaban J connectivity index is 1.48. The normalized spacial score (nSPS) is 15.8. The number of benzene rings is 1. The Morgan fingerprint density at radius 2 is 1.96 bits per heavy atom. The Kier molecular flexibility index (Phi) is 4.96. The summed E-state index contributed by atoms with van der Waals surface area (Å²) in [5.74, 6) is 1.66. The molecule has 1 fully saturated rings. The summed E-state index contributed by atoms with van der Waals surface area (Å²) < 4.78 is 1.97. The first kappa shape index (κ1) is 16.0. The predicted octanol–water partition coefficient (Wildman–Crippen LogP) is 2.81. The molecular formula is C17H21ClN4O. The van der Waals surface area contributed by atoms with Gasteiger partial charge >= 0.3 is 0 Å². The molecular weight excluding hydrogens is 312 g/mol. The van der Waals surface area contributed by atoms with Crippen molar-refractivity contribution in [1.82, 2.24) is 19.7 Å². The van der Waals surface area contributed by atoms with Crippen LogP contribution in [0.4, 0.5) is 0 Å². The number of halogens is 1. The van der Waals surface area contributed by atoms with Crippen LogP contribution < -0.4 is 0 Å². The third-order valence-electron chi connectivity index (χ3n) is 4.50. The summed E-state index contributed by atoms with van der Waals surface area (Å²) in [6.07, 6.45) is 4.97. The SMILES string of the molecule is Cn1cnnc1C1CCN(C(=O)CCc2ccc(Cl)cc2)CC1. The van der Waals surface area contributed by atoms with E-state index in [9.17, 15) is 4.79 Å². The highest BCUT2D eigenvalue weighted by Crippen LogP contribution is 2.26. The van der Waals surface area contributed by atoms with Crippen LogP contribution in [0.1, 0.15) is 36.6 Å². The predicted molar refractivity (Wildman–Crippen MR) is 89.3 cm³/mol. The van der Waals surface area contributed by atoms with Gasteiger partial charge in [-0.1, -0.05) is 23.7 Å². The number of hydrogen-bond donors (Lipinski definition) is 0. The fourth-order valence-electron chi connectivity index (χ4n) is 3.11. The first-order chi connectivity index (χ1) is 11.1. The van der Waals surface area contributed by atoms with E-state index >= 15 is 0 Å². The zero-order chi connectivity index (χ0) is 16.2. The van der Waals surface area contributed by atoms with Crippen LogP contribution in [-0.4, -0.2) is 38.7 Å². The van der Waals surface area contributed by atoms with E-state index in [1.54, 1.807) is 6.33 Å². The molecule has 122 valence electrons. The first-order valence-corrected chi connectivity index (χ1v) is 8.37. The van der Waals surface area contributed by atoms with Crippen LogP contribution in [0, 0.1) is 0 Å². The molecule has 5 nitrogen and oxygen atoms in total. The Bertz CT molecular complexity index is 659. The van der Waals surface area contributed by atoms with Crippen molar-refractivity contribution in [3.05, 3.63) is 47.0 Å². The summed E-state index contributed by atoms with van der Waals surface area (Å²) in [4.78, 5) is 14.3. The maximum absolute atomic E-state index is 12.4. The summed E-state index contributed by atoms with van der Waals surface area (Å²) in [5.41, 5.74) is 1.15. The first-order valence-electron chi connectivity index (χ1n) is 7.99. The number of likely N-dealkylation sites (tertiary alicyclic amines) is 1. The highest BCUT2D eigenvalue weighted by molar-refractivity contribution is 6.30. The summed E-state index contributed by atoms with van der Waals surface area (Å²) in [7, 11) is 1.97. The molecule has 0 atom stereocenters. The van der Waals surface area contributed by atoms with Crippen LogP contribution in [-0.2, 0) is 18.3 Å².